The Morgan fingerprint density at radius 2 is 2.18 bits per heavy atom. The molecule has 1 N–H and O–H groups in total. The fraction of sp³-hybridized carbons (Fsp3) is 0.667. The van der Waals surface area contributed by atoms with Gasteiger partial charge in [0.1, 0.15) is 0 Å². The van der Waals surface area contributed by atoms with Crippen LogP contribution in [0.3, 0.4) is 0 Å². The molecule has 64 valence electrons. The topological polar surface area (TPSA) is 37.3 Å². The van der Waals surface area contributed by atoms with Gasteiger partial charge in [-0.15, -0.1) is 0 Å². The van der Waals surface area contributed by atoms with Crippen LogP contribution in [-0.4, -0.2) is 16.5 Å². The minimum atomic E-state index is -0.819. The van der Waals surface area contributed by atoms with Gasteiger partial charge >= 0.3 is 0 Å². The highest BCUT2D eigenvalue weighted by Crippen LogP contribution is 2.12. The second-order valence-corrected chi connectivity index (χ2v) is 3.05. The maximum Gasteiger partial charge on any atom is 0.152 e. The molecule has 0 saturated carbocycles. The average molecular weight is 156 g/mol. The summed E-state index contributed by atoms with van der Waals surface area (Å²) in [5, 5.41) is 9.52. The zero-order valence-electron chi connectivity index (χ0n) is 7.42. The summed E-state index contributed by atoms with van der Waals surface area (Å²) >= 11 is 0. The van der Waals surface area contributed by atoms with Crippen LogP contribution >= 0.6 is 0 Å². The summed E-state index contributed by atoms with van der Waals surface area (Å²) in [6, 6.07) is 0. The van der Waals surface area contributed by atoms with E-state index in [1.165, 1.54) is 13.0 Å². The van der Waals surface area contributed by atoms with Gasteiger partial charge in [-0.3, -0.25) is 4.79 Å². The Hall–Kier alpha value is -0.630. The minimum Gasteiger partial charge on any atom is -0.386 e. The molecule has 0 aromatic heterocycles. The highest BCUT2D eigenvalue weighted by atomic mass is 16.3. The van der Waals surface area contributed by atoms with E-state index in [2.05, 4.69) is 0 Å². The minimum absolute atomic E-state index is 0.0265. The molecular weight excluding hydrogens is 140 g/mol. The first-order chi connectivity index (χ1) is 4.98. The van der Waals surface area contributed by atoms with Gasteiger partial charge < -0.3 is 5.11 Å². The van der Waals surface area contributed by atoms with Crippen LogP contribution in [0.1, 0.15) is 33.6 Å². The maximum atomic E-state index is 10.5. The molecule has 0 aromatic rings. The Morgan fingerprint density at radius 3 is 2.55 bits per heavy atom. The summed E-state index contributed by atoms with van der Waals surface area (Å²) in [4.78, 5) is 10.5. The molecule has 1 unspecified atom stereocenters. The maximum absolute atomic E-state index is 10.5. The SMILES string of the molecule is CCCC(C)(O)/C=C/C(C)=O. The lowest BCUT2D eigenvalue weighted by molar-refractivity contribution is -0.112. The van der Waals surface area contributed by atoms with Crippen LogP contribution in [0.5, 0.6) is 0 Å². The molecule has 0 aliphatic rings. The summed E-state index contributed by atoms with van der Waals surface area (Å²) in [5.74, 6) is -0.0265. The van der Waals surface area contributed by atoms with Crippen molar-refractivity contribution in [3.05, 3.63) is 12.2 Å². The van der Waals surface area contributed by atoms with Crippen molar-refractivity contribution < 1.29 is 9.90 Å². The molecule has 0 aromatic carbocycles. The first kappa shape index (κ1) is 10.4. The Balaban J connectivity index is 3.99. The Bertz CT molecular complexity index is 157. The van der Waals surface area contributed by atoms with E-state index in [-0.39, 0.29) is 5.78 Å². The van der Waals surface area contributed by atoms with Gasteiger partial charge in [-0.2, -0.15) is 0 Å². The number of ketones is 1. The Kier molecular flexibility index (Phi) is 4.04. The molecule has 0 fully saturated rings. The van der Waals surface area contributed by atoms with E-state index in [4.69, 9.17) is 0 Å². The second-order valence-electron chi connectivity index (χ2n) is 3.05. The van der Waals surface area contributed by atoms with E-state index in [1.54, 1.807) is 13.0 Å². The first-order valence-corrected chi connectivity index (χ1v) is 3.90. The van der Waals surface area contributed by atoms with Gasteiger partial charge in [0, 0.05) is 0 Å². The van der Waals surface area contributed by atoms with Crippen LogP contribution in [0.15, 0.2) is 12.2 Å². The number of hydrogen-bond acceptors (Lipinski definition) is 2. The quantitative estimate of drug-likeness (QED) is 0.629. The molecule has 2 nitrogen and oxygen atoms in total. The summed E-state index contributed by atoms with van der Waals surface area (Å²) in [5.41, 5.74) is -0.819. The molecule has 0 spiro atoms. The number of aliphatic hydroxyl groups is 1. The molecule has 0 bridgehead atoms. The number of rotatable bonds is 4. The van der Waals surface area contributed by atoms with E-state index in [1.807, 2.05) is 6.92 Å². The fourth-order valence-corrected chi connectivity index (χ4v) is 0.886. The van der Waals surface area contributed by atoms with Gasteiger partial charge in [-0.05, 0) is 32.4 Å². The van der Waals surface area contributed by atoms with Crippen molar-refractivity contribution >= 4 is 5.78 Å². The van der Waals surface area contributed by atoms with Crippen LogP contribution in [0.2, 0.25) is 0 Å². The van der Waals surface area contributed by atoms with E-state index in [0.717, 1.165) is 6.42 Å². The van der Waals surface area contributed by atoms with Gasteiger partial charge in [-0.25, -0.2) is 0 Å². The van der Waals surface area contributed by atoms with E-state index >= 15 is 0 Å². The number of hydrogen-bond donors (Lipinski definition) is 1. The van der Waals surface area contributed by atoms with E-state index in [9.17, 15) is 9.90 Å². The van der Waals surface area contributed by atoms with Crippen molar-refractivity contribution in [2.45, 2.75) is 39.2 Å². The molecule has 0 rings (SSSR count). The van der Waals surface area contributed by atoms with Crippen molar-refractivity contribution in [2.75, 3.05) is 0 Å². The van der Waals surface area contributed by atoms with Crippen LogP contribution in [-0.2, 0) is 4.79 Å². The monoisotopic (exact) mass is 156 g/mol. The molecule has 0 radical (unpaired) electrons. The Morgan fingerprint density at radius 1 is 1.64 bits per heavy atom. The number of carbonyl (C=O) groups is 1. The lowest BCUT2D eigenvalue weighted by atomic mass is 10.00. The second kappa shape index (κ2) is 4.29. The van der Waals surface area contributed by atoms with Crippen molar-refractivity contribution in [1.82, 2.24) is 0 Å². The van der Waals surface area contributed by atoms with Gasteiger partial charge in [0.2, 0.25) is 0 Å². The van der Waals surface area contributed by atoms with Crippen LogP contribution in [0, 0.1) is 0 Å². The van der Waals surface area contributed by atoms with Crippen molar-refractivity contribution in [1.29, 1.82) is 0 Å². The zero-order chi connectivity index (χ0) is 8.91. The largest absolute Gasteiger partial charge is 0.386 e. The number of carbonyl (C=O) groups excluding carboxylic acids is 1. The third-order valence-electron chi connectivity index (χ3n) is 1.43. The van der Waals surface area contributed by atoms with Gasteiger partial charge in [0.15, 0.2) is 5.78 Å². The van der Waals surface area contributed by atoms with Crippen molar-refractivity contribution in [2.24, 2.45) is 0 Å². The van der Waals surface area contributed by atoms with Crippen LogP contribution < -0.4 is 0 Å². The van der Waals surface area contributed by atoms with Gasteiger partial charge in [0.25, 0.3) is 0 Å². The molecule has 0 amide bonds. The lowest BCUT2D eigenvalue weighted by Gasteiger charge is -2.16. The smallest absolute Gasteiger partial charge is 0.152 e. The average Bonchev–Trinajstić information content (AvgIpc) is 1.84. The molecule has 0 saturated heterocycles. The molecule has 0 aliphatic heterocycles. The van der Waals surface area contributed by atoms with E-state index < -0.39 is 5.60 Å². The summed E-state index contributed by atoms with van der Waals surface area (Å²) < 4.78 is 0. The predicted octanol–water partition coefficient (Wildman–Crippen LogP) is 1.68. The van der Waals surface area contributed by atoms with Gasteiger partial charge in [-0.1, -0.05) is 13.3 Å². The molecule has 11 heavy (non-hydrogen) atoms. The molecule has 0 aliphatic carbocycles. The highest BCUT2D eigenvalue weighted by Gasteiger charge is 2.13. The normalized spacial score (nSPS) is 16.7. The molecule has 2 heteroatoms. The summed E-state index contributed by atoms with van der Waals surface area (Å²) in [6.45, 7) is 5.17. The zero-order valence-corrected chi connectivity index (χ0v) is 7.42. The molecule has 1 atom stereocenters. The molecule has 0 heterocycles. The van der Waals surface area contributed by atoms with E-state index in [0.29, 0.717) is 6.42 Å². The Labute approximate surface area is 67.9 Å². The number of allylic oxidation sites excluding steroid dienone is 1. The third-order valence-corrected chi connectivity index (χ3v) is 1.43. The molecular formula is C9H16O2. The third kappa shape index (κ3) is 5.80. The summed E-state index contributed by atoms with van der Waals surface area (Å²) in [6.07, 6.45) is 4.57. The van der Waals surface area contributed by atoms with Gasteiger partial charge in [0.05, 0.1) is 5.60 Å². The van der Waals surface area contributed by atoms with Crippen molar-refractivity contribution in [3.8, 4) is 0 Å². The highest BCUT2D eigenvalue weighted by molar-refractivity contribution is 5.87. The van der Waals surface area contributed by atoms with Crippen LogP contribution in [0.4, 0.5) is 0 Å². The first-order valence-electron chi connectivity index (χ1n) is 3.90. The standard InChI is InChI=1S/C9H16O2/c1-4-6-9(3,11)7-5-8(2)10/h5,7,11H,4,6H2,1-3H3/b7-5+. The lowest BCUT2D eigenvalue weighted by Crippen LogP contribution is -2.20. The fourth-order valence-electron chi connectivity index (χ4n) is 0.886. The van der Waals surface area contributed by atoms with Crippen molar-refractivity contribution in [3.63, 3.8) is 0 Å². The predicted molar refractivity (Wildman–Crippen MR) is 45.4 cm³/mol. The summed E-state index contributed by atoms with van der Waals surface area (Å²) in [7, 11) is 0. The van der Waals surface area contributed by atoms with Crippen LogP contribution in [0.25, 0.3) is 0 Å².